The average Bonchev–Trinajstić information content (AvgIpc) is 2.47. The zero-order valence-electron chi connectivity index (χ0n) is 14.1. The molecule has 0 heterocycles. The Bertz CT molecular complexity index is 546. The number of rotatable bonds is 5. The van der Waals surface area contributed by atoms with Crippen molar-refractivity contribution >= 4 is 5.97 Å². The van der Waals surface area contributed by atoms with E-state index < -0.39 is 18.0 Å². The lowest BCUT2D eigenvalue weighted by atomic mass is 9.87. The fourth-order valence-electron chi connectivity index (χ4n) is 1.82. The van der Waals surface area contributed by atoms with Crippen LogP contribution >= 0.6 is 0 Å². The second-order valence-corrected chi connectivity index (χ2v) is 6.32. The molecule has 0 saturated carbocycles. The molecule has 0 aromatic heterocycles. The Morgan fingerprint density at radius 1 is 1.32 bits per heavy atom. The first-order valence-corrected chi connectivity index (χ1v) is 7.61. The molecule has 3 nitrogen and oxygen atoms in total. The number of carbonyl (C=O) groups excluding carboxylic acids is 1. The number of aliphatic hydroxyl groups excluding tert-OH is 1. The molecule has 0 radical (unpaired) electrons. The van der Waals surface area contributed by atoms with Crippen LogP contribution in [0.25, 0.3) is 0 Å². The molecule has 1 rings (SSSR count). The molecule has 1 aromatic carbocycles. The summed E-state index contributed by atoms with van der Waals surface area (Å²) in [6.07, 6.45) is 0.677. The summed E-state index contributed by atoms with van der Waals surface area (Å²) in [6.45, 7) is 10.2. The summed E-state index contributed by atoms with van der Waals surface area (Å²) in [5, 5.41) is 10.5. The van der Waals surface area contributed by atoms with Crippen molar-refractivity contribution in [3.8, 4) is 0 Å². The maximum absolute atomic E-state index is 12.2. The average molecular weight is 302 g/mol. The largest absolute Gasteiger partial charge is 0.465 e. The summed E-state index contributed by atoms with van der Waals surface area (Å²) in [4.78, 5) is 12.2. The summed E-state index contributed by atoms with van der Waals surface area (Å²) >= 11 is 0. The molecule has 0 saturated heterocycles. The summed E-state index contributed by atoms with van der Waals surface area (Å²) < 4.78 is 5.09. The van der Waals surface area contributed by atoms with Crippen LogP contribution in [0.2, 0.25) is 0 Å². The molecule has 0 fully saturated rings. The molecule has 0 aliphatic carbocycles. The zero-order chi connectivity index (χ0) is 16.8. The lowest BCUT2D eigenvalue weighted by Gasteiger charge is -2.19. The third-order valence-electron chi connectivity index (χ3n) is 3.64. The Hall–Kier alpha value is -1.83. The second-order valence-electron chi connectivity index (χ2n) is 6.32. The van der Waals surface area contributed by atoms with E-state index in [4.69, 9.17) is 4.74 Å². The normalized spacial score (nSPS) is 13.7. The van der Waals surface area contributed by atoms with Crippen molar-refractivity contribution in [3.05, 3.63) is 53.3 Å². The lowest BCUT2D eigenvalue weighted by molar-refractivity contribution is -0.149. The van der Waals surface area contributed by atoms with Crippen molar-refractivity contribution in [2.24, 2.45) is 11.3 Å². The van der Waals surface area contributed by atoms with Gasteiger partial charge in [-0.05, 0) is 36.5 Å². The fraction of sp³-hybridized carbons (Fsp3) is 0.474. The van der Waals surface area contributed by atoms with Gasteiger partial charge in [0.1, 0.15) is 5.92 Å². The molecule has 0 aliphatic heterocycles. The van der Waals surface area contributed by atoms with Gasteiger partial charge in [0, 0.05) is 0 Å². The topological polar surface area (TPSA) is 46.5 Å². The maximum Gasteiger partial charge on any atom is 0.316 e. The number of hydrogen-bond acceptors (Lipinski definition) is 3. The van der Waals surface area contributed by atoms with Crippen LogP contribution in [0.1, 0.15) is 46.3 Å². The Labute approximate surface area is 133 Å². The minimum absolute atomic E-state index is 0.0343. The van der Waals surface area contributed by atoms with E-state index in [1.807, 2.05) is 25.1 Å². The van der Waals surface area contributed by atoms with E-state index in [2.05, 4.69) is 26.5 Å². The molecule has 0 bridgehead atoms. The summed E-state index contributed by atoms with van der Waals surface area (Å²) in [5.74, 6) is -1.20. The first-order chi connectivity index (χ1) is 10.3. The summed E-state index contributed by atoms with van der Waals surface area (Å²) in [6, 6.07) is 9.13. The van der Waals surface area contributed by atoms with Gasteiger partial charge in [0.05, 0.1) is 12.7 Å². The van der Waals surface area contributed by atoms with E-state index in [1.165, 1.54) is 0 Å². The van der Waals surface area contributed by atoms with Crippen LogP contribution in [0.15, 0.2) is 47.7 Å². The van der Waals surface area contributed by atoms with Gasteiger partial charge in [-0.15, -0.1) is 5.73 Å². The third-order valence-corrected chi connectivity index (χ3v) is 3.64. The van der Waals surface area contributed by atoms with Gasteiger partial charge in [-0.2, -0.15) is 0 Å². The smallest absolute Gasteiger partial charge is 0.316 e. The van der Waals surface area contributed by atoms with E-state index in [0.717, 1.165) is 5.57 Å². The van der Waals surface area contributed by atoms with Crippen LogP contribution in [0, 0.1) is 11.3 Å². The van der Waals surface area contributed by atoms with Crippen LogP contribution in [0.4, 0.5) is 0 Å². The van der Waals surface area contributed by atoms with E-state index in [-0.39, 0.29) is 12.0 Å². The molecule has 1 N–H and O–H groups in total. The van der Waals surface area contributed by atoms with Gasteiger partial charge >= 0.3 is 5.97 Å². The molecule has 22 heavy (non-hydrogen) atoms. The predicted octanol–water partition coefficient (Wildman–Crippen LogP) is 4.05. The molecule has 0 aliphatic rings. The Morgan fingerprint density at radius 3 is 2.41 bits per heavy atom. The molecule has 0 amide bonds. The van der Waals surface area contributed by atoms with Crippen molar-refractivity contribution in [2.75, 3.05) is 6.61 Å². The SMILES string of the molecule is CCOC(=O)[C@@H](C=C=C(C)C(C)(C)C)[C@@H](O)c1ccccc1. The van der Waals surface area contributed by atoms with Crippen LogP contribution in [0.5, 0.6) is 0 Å². The minimum Gasteiger partial charge on any atom is -0.465 e. The van der Waals surface area contributed by atoms with Gasteiger partial charge in [-0.1, -0.05) is 51.1 Å². The molecule has 120 valence electrons. The molecular weight excluding hydrogens is 276 g/mol. The summed E-state index contributed by atoms with van der Waals surface area (Å²) in [5.41, 5.74) is 4.81. The third kappa shape index (κ3) is 5.18. The molecule has 2 atom stereocenters. The van der Waals surface area contributed by atoms with Crippen LogP contribution in [-0.2, 0) is 9.53 Å². The number of hydrogen-bond donors (Lipinski definition) is 1. The van der Waals surface area contributed by atoms with Crippen LogP contribution in [0.3, 0.4) is 0 Å². The number of carbonyl (C=O) groups is 1. The van der Waals surface area contributed by atoms with Gasteiger partial charge in [0.25, 0.3) is 0 Å². The minimum atomic E-state index is -0.944. The second kappa shape index (κ2) is 7.98. The van der Waals surface area contributed by atoms with Crippen LogP contribution < -0.4 is 0 Å². The maximum atomic E-state index is 12.2. The Morgan fingerprint density at radius 2 is 1.91 bits per heavy atom. The quantitative estimate of drug-likeness (QED) is 0.659. The van der Waals surface area contributed by atoms with Gasteiger partial charge in [0.15, 0.2) is 0 Å². The van der Waals surface area contributed by atoms with Crippen molar-refractivity contribution in [3.63, 3.8) is 0 Å². The summed E-state index contributed by atoms with van der Waals surface area (Å²) in [7, 11) is 0. The van der Waals surface area contributed by atoms with E-state index in [1.54, 1.807) is 25.1 Å². The van der Waals surface area contributed by atoms with E-state index in [9.17, 15) is 9.90 Å². The van der Waals surface area contributed by atoms with Gasteiger partial charge in [-0.25, -0.2) is 0 Å². The molecule has 1 aromatic rings. The first-order valence-electron chi connectivity index (χ1n) is 7.61. The van der Waals surface area contributed by atoms with Crippen molar-refractivity contribution in [1.29, 1.82) is 0 Å². The number of benzene rings is 1. The van der Waals surface area contributed by atoms with Crippen LogP contribution in [-0.4, -0.2) is 17.7 Å². The highest BCUT2D eigenvalue weighted by Gasteiger charge is 2.27. The lowest BCUT2D eigenvalue weighted by Crippen LogP contribution is -2.23. The Kier molecular flexibility index (Phi) is 6.61. The monoisotopic (exact) mass is 302 g/mol. The number of ether oxygens (including phenoxy) is 1. The molecule has 0 unspecified atom stereocenters. The van der Waals surface area contributed by atoms with Gasteiger partial charge < -0.3 is 9.84 Å². The number of aliphatic hydroxyl groups is 1. The van der Waals surface area contributed by atoms with Gasteiger partial charge in [-0.3, -0.25) is 4.79 Å². The molecular formula is C19H26O3. The van der Waals surface area contributed by atoms with E-state index in [0.29, 0.717) is 5.56 Å². The first kappa shape index (κ1) is 18.2. The fourth-order valence-corrected chi connectivity index (χ4v) is 1.82. The molecule has 0 spiro atoms. The Balaban J connectivity index is 3.15. The predicted molar refractivity (Wildman–Crippen MR) is 88.2 cm³/mol. The number of esters is 1. The van der Waals surface area contributed by atoms with Crippen molar-refractivity contribution in [2.45, 2.75) is 40.7 Å². The highest BCUT2D eigenvalue weighted by atomic mass is 16.5. The van der Waals surface area contributed by atoms with Crippen molar-refractivity contribution in [1.82, 2.24) is 0 Å². The van der Waals surface area contributed by atoms with Gasteiger partial charge in [0.2, 0.25) is 0 Å². The zero-order valence-corrected chi connectivity index (χ0v) is 14.1. The molecule has 3 heteroatoms. The standard InChI is InChI=1S/C19H26O3/c1-6-22-18(21)16(13-12-14(2)19(3,4)5)17(20)15-10-8-7-9-11-15/h7-11,13,16-17,20H,6H2,1-5H3/t12?,16-,17-/m0/s1. The highest BCUT2D eigenvalue weighted by Crippen LogP contribution is 2.26. The van der Waals surface area contributed by atoms with E-state index >= 15 is 0 Å². The highest BCUT2D eigenvalue weighted by molar-refractivity contribution is 5.75. The van der Waals surface area contributed by atoms with Crippen molar-refractivity contribution < 1.29 is 14.6 Å².